The fourth-order valence-corrected chi connectivity index (χ4v) is 2.92. The first-order chi connectivity index (χ1) is 9.15. The van der Waals surface area contributed by atoms with Crippen molar-refractivity contribution in [2.45, 2.75) is 37.1 Å². The molecule has 0 aromatic heterocycles. The summed E-state index contributed by atoms with van der Waals surface area (Å²) in [6, 6.07) is 7.05. The molecule has 1 heterocycles. The van der Waals surface area contributed by atoms with E-state index in [1.807, 2.05) is 24.3 Å². The summed E-state index contributed by atoms with van der Waals surface area (Å²) in [5.41, 5.74) is 2.07. The zero-order chi connectivity index (χ0) is 13.4. The maximum Gasteiger partial charge on any atom is 0.237 e. The van der Waals surface area contributed by atoms with Crippen molar-refractivity contribution in [3.63, 3.8) is 0 Å². The van der Waals surface area contributed by atoms with E-state index in [2.05, 4.69) is 10.6 Å². The smallest absolute Gasteiger partial charge is 0.237 e. The predicted octanol–water partition coefficient (Wildman–Crippen LogP) is -0.516. The quantitative estimate of drug-likeness (QED) is 0.578. The Morgan fingerprint density at radius 2 is 2.11 bits per heavy atom. The van der Waals surface area contributed by atoms with E-state index < -0.39 is 12.2 Å². The third-order valence-corrected chi connectivity index (χ3v) is 3.93. The van der Waals surface area contributed by atoms with E-state index in [-0.39, 0.29) is 18.0 Å². The van der Waals surface area contributed by atoms with Gasteiger partial charge in [-0.2, -0.15) is 0 Å². The average molecular weight is 262 g/mol. The number of aliphatic hydroxyl groups is 2. The molecule has 102 valence electrons. The van der Waals surface area contributed by atoms with Gasteiger partial charge >= 0.3 is 0 Å². The van der Waals surface area contributed by atoms with E-state index >= 15 is 0 Å². The van der Waals surface area contributed by atoms with Crippen molar-refractivity contribution in [1.82, 2.24) is 10.6 Å². The number of aliphatic hydroxyl groups excluding tert-OH is 2. The molecule has 2 aliphatic rings. The number of rotatable bonds is 2. The van der Waals surface area contributed by atoms with Crippen molar-refractivity contribution in [2.24, 2.45) is 0 Å². The van der Waals surface area contributed by atoms with Crippen LogP contribution in [0.15, 0.2) is 24.3 Å². The Morgan fingerprint density at radius 3 is 2.84 bits per heavy atom. The molecule has 5 heteroatoms. The van der Waals surface area contributed by atoms with Gasteiger partial charge in [0, 0.05) is 13.0 Å². The minimum absolute atomic E-state index is 0.155. The van der Waals surface area contributed by atoms with Crippen LogP contribution in [0, 0.1) is 0 Å². The first-order valence-electron chi connectivity index (χ1n) is 6.63. The normalized spacial score (nSPS) is 33.2. The standard InChI is InChI=1S/C14H18N2O3/c17-9-6-11(15-7-9)14(19)16-13-10-4-2-1-3-8(10)5-12(13)18/h1-4,9,11-13,15,17-18H,5-7H2,(H,16,19)/t9?,11?,12-,13+/m0/s1. The summed E-state index contributed by atoms with van der Waals surface area (Å²) in [6.07, 6.45) is -0.0396. The Balaban J connectivity index is 1.71. The molecule has 1 aromatic rings. The van der Waals surface area contributed by atoms with Crippen LogP contribution in [0.4, 0.5) is 0 Å². The summed E-state index contributed by atoms with van der Waals surface area (Å²) in [4.78, 5) is 12.1. The Morgan fingerprint density at radius 1 is 1.32 bits per heavy atom. The second-order valence-corrected chi connectivity index (χ2v) is 5.31. The molecule has 1 aromatic carbocycles. The van der Waals surface area contributed by atoms with Crippen LogP contribution in [0.25, 0.3) is 0 Å². The highest BCUT2D eigenvalue weighted by Crippen LogP contribution is 2.31. The molecular weight excluding hydrogens is 244 g/mol. The van der Waals surface area contributed by atoms with Crippen molar-refractivity contribution in [3.05, 3.63) is 35.4 Å². The van der Waals surface area contributed by atoms with Crippen LogP contribution in [-0.2, 0) is 11.2 Å². The zero-order valence-corrected chi connectivity index (χ0v) is 10.5. The average Bonchev–Trinajstić information content (AvgIpc) is 2.95. The second-order valence-electron chi connectivity index (χ2n) is 5.31. The molecule has 1 amide bonds. The molecule has 2 unspecified atom stereocenters. The molecular formula is C14H18N2O3. The van der Waals surface area contributed by atoms with Gasteiger partial charge in [-0.05, 0) is 17.5 Å². The van der Waals surface area contributed by atoms with Crippen molar-refractivity contribution in [3.8, 4) is 0 Å². The molecule has 1 fully saturated rings. The summed E-state index contributed by atoms with van der Waals surface area (Å²) in [5, 5.41) is 25.4. The van der Waals surface area contributed by atoms with Crippen LogP contribution < -0.4 is 10.6 Å². The fourth-order valence-electron chi connectivity index (χ4n) is 2.92. The topological polar surface area (TPSA) is 81.6 Å². The highest BCUT2D eigenvalue weighted by atomic mass is 16.3. The third-order valence-electron chi connectivity index (χ3n) is 3.93. The Kier molecular flexibility index (Phi) is 3.26. The molecule has 3 rings (SSSR count). The van der Waals surface area contributed by atoms with Crippen molar-refractivity contribution in [1.29, 1.82) is 0 Å². The van der Waals surface area contributed by atoms with Gasteiger partial charge in [-0.3, -0.25) is 4.79 Å². The molecule has 19 heavy (non-hydrogen) atoms. The maximum atomic E-state index is 12.1. The van der Waals surface area contributed by atoms with Crippen molar-refractivity contribution < 1.29 is 15.0 Å². The number of carbonyl (C=O) groups is 1. The van der Waals surface area contributed by atoms with Crippen LogP contribution in [0.5, 0.6) is 0 Å². The molecule has 1 saturated heterocycles. The highest BCUT2D eigenvalue weighted by Gasteiger charge is 2.35. The largest absolute Gasteiger partial charge is 0.392 e. The van der Waals surface area contributed by atoms with E-state index in [9.17, 15) is 15.0 Å². The van der Waals surface area contributed by atoms with Gasteiger partial charge < -0.3 is 20.8 Å². The number of benzene rings is 1. The maximum absolute atomic E-state index is 12.1. The lowest BCUT2D eigenvalue weighted by molar-refractivity contribution is -0.124. The van der Waals surface area contributed by atoms with Crippen LogP contribution in [-0.4, -0.2) is 40.9 Å². The predicted molar refractivity (Wildman–Crippen MR) is 69.5 cm³/mol. The lowest BCUT2D eigenvalue weighted by atomic mass is 10.1. The Hall–Kier alpha value is -1.43. The monoisotopic (exact) mass is 262 g/mol. The summed E-state index contributed by atoms with van der Waals surface area (Å²) < 4.78 is 0. The number of fused-ring (bicyclic) bond motifs is 1. The van der Waals surface area contributed by atoms with Crippen molar-refractivity contribution >= 4 is 5.91 Å². The molecule has 0 saturated carbocycles. The first kappa shape index (κ1) is 12.6. The molecule has 1 aliphatic carbocycles. The Labute approximate surface area is 111 Å². The molecule has 1 aliphatic heterocycles. The van der Waals surface area contributed by atoms with E-state index in [0.717, 1.165) is 11.1 Å². The van der Waals surface area contributed by atoms with E-state index in [1.54, 1.807) is 0 Å². The molecule has 0 spiro atoms. The van der Waals surface area contributed by atoms with Gasteiger partial charge in [0.25, 0.3) is 0 Å². The van der Waals surface area contributed by atoms with E-state index in [0.29, 0.717) is 19.4 Å². The number of nitrogens with one attached hydrogen (secondary N) is 2. The summed E-state index contributed by atoms with van der Waals surface area (Å²) >= 11 is 0. The molecule has 4 atom stereocenters. The van der Waals surface area contributed by atoms with Gasteiger partial charge in [0.15, 0.2) is 0 Å². The summed E-state index contributed by atoms with van der Waals surface area (Å²) in [6.45, 7) is 0.446. The molecule has 0 bridgehead atoms. The third kappa shape index (κ3) is 2.36. The minimum atomic E-state index is -0.576. The van der Waals surface area contributed by atoms with Gasteiger partial charge in [0.05, 0.1) is 24.3 Å². The number of hydrogen-bond donors (Lipinski definition) is 4. The SMILES string of the molecule is O=C(N[C@@H]1c2ccccc2C[C@@H]1O)C1CC(O)CN1. The van der Waals surface area contributed by atoms with Gasteiger partial charge in [0.1, 0.15) is 0 Å². The number of β-amino-alcohol motifs (C(OH)–C–C–N with tert-alkyl or cyclic N) is 1. The first-order valence-corrected chi connectivity index (χ1v) is 6.63. The van der Waals surface area contributed by atoms with Gasteiger partial charge in [-0.25, -0.2) is 0 Å². The Bertz CT molecular complexity index is 491. The number of carbonyl (C=O) groups excluding carboxylic acids is 1. The van der Waals surface area contributed by atoms with Crippen LogP contribution in [0.2, 0.25) is 0 Å². The minimum Gasteiger partial charge on any atom is -0.392 e. The van der Waals surface area contributed by atoms with E-state index in [1.165, 1.54) is 0 Å². The van der Waals surface area contributed by atoms with E-state index in [4.69, 9.17) is 0 Å². The lowest BCUT2D eigenvalue weighted by Gasteiger charge is -2.20. The number of amides is 1. The summed E-state index contributed by atoms with van der Waals surface area (Å²) in [7, 11) is 0. The van der Waals surface area contributed by atoms with Gasteiger partial charge in [-0.1, -0.05) is 24.3 Å². The van der Waals surface area contributed by atoms with Crippen LogP contribution >= 0.6 is 0 Å². The van der Waals surface area contributed by atoms with Gasteiger partial charge in [0.2, 0.25) is 5.91 Å². The van der Waals surface area contributed by atoms with Gasteiger partial charge in [-0.15, -0.1) is 0 Å². The lowest BCUT2D eigenvalue weighted by Crippen LogP contribution is -2.44. The fraction of sp³-hybridized carbons (Fsp3) is 0.500. The van der Waals surface area contributed by atoms with Crippen LogP contribution in [0.3, 0.4) is 0 Å². The van der Waals surface area contributed by atoms with Crippen molar-refractivity contribution in [2.75, 3.05) is 6.54 Å². The molecule has 0 radical (unpaired) electrons. The molecule has 4 N–H and O–H groups in total. The van der Waals surface area contributed by atoms with Crippen LogP contribution in [0.1, 0.15) is 23.6 Å². The molecule has 5 nitrogen and oxygen atoms in total. The number of hydrogen-bond acceptors (Lipinski definition) is 4. The highest BCUT2D eigenvalue weighted by molar-refractivity contribution is 5.82. The second kappa shape index (κ2) is 4.92. The summed E-state index contributed by atoms with van der Waals surface area (Å²) in [5.74, 6) is -0.155. The zero-order valence-electron chi connectivity index (χ0n) is 10.5.